The smallest absolute Gasteiger partial charge is 0.427 e. The van der Waals surface area contributed by atoms with Gasteiger partial charge in [0.05, 0.1) is 14.1 Å². The van der Waals surface area contributed by atoms with Crippen LogP contribution in [0, 0.1) is 17.2 Å². The first-order chi connectivity index (χ1) is 8.01. The van der Waals surface area contributed by atoms with Gasteiger partial charge in [0.2, 0.25) is 0 Å². The molecule has 2 atom stereocenters. The normalized spacial score (nSPS) is 15.1. The second-order valence-electron chi connectivity index (χ2n) is 4.89. The first-order valence-corrected chi connectivity index (χ1v) is 9.46. The molecule has 0 aliphatic rings. The molecule has 0 saturated heterocycles. The van der Waals surface area contributed by atoms with Gasteiger partial charge >= 0.3 is 7.12 Å². The lowest BCUT2D eigenvalue weighted by Crippen LogP contribution is -2.41. The molecule has 0 spiro atoms. The Morgan fingerprint density at radius 2 is 1.59 bits per heavy atom. The molecule has 0 heterocycles. The Hall–Kier alpha value is -0.308. The van der Waals surface area contributed by atoms with Crippen LogP contribution in [0.4, 0.5) is 0 Å². The summed E-state index contributed by atoms with van der Waals surface area (Å²) in [5.74, 6) is -0.202. The molecular weight excluding hydrogens is 229 g/mol. The highest BCUT2D eigenvalue weighted by Gasteiger charge is 2.40. The van der Waals surface area contributed by atoms with Crippen molar-refractivity contribution in [1.82, 2.24) is 0 Å². The standard InChI is InChI=1S/C12H26BNO2Si/c1-5-12(11(10-14)9-13(15)16)17(6-2,7-3)8-4/h11-12,15-16H,5-9H2,1-4H3. The topological polar surface area (TPSA) is 64.2 Å². The van der Waals surface area contributed by atoms with Gasteiger partial charge in [0.1, 0.15) is 0 Å². The third-order valence-electron chi connectivity index (χ3n) is 4.46. The van der Waals surface area contributed by atoms with Crippen LogP contribution in [0.15, 0.2) is 0 Å². The van der Waals surface area contributed by atoms with E-state index < -0.39 is 15.2 Å². The van der Waals surface area contributed by atoms with E-state index in [1.54, 1.807) is 0 Å². The van der Waals surface area contributed by atoms with Crippen molar-refractivity contribution in [3.63, 3.8) is 0 Å². The lowest BCUT2D eigenvalue weighted by atomic mass is 9.77. The van der Waals surface area contributed by atoms with Gasteiger partial charge in [-0.2, -0.15) is 5.26 Å². The molecule has 5 heteroatoms. The highest BCUT2D eigenvalue weighted by Crippen LogP contribution is 2.42. The molecule has 2 unspecified atom stereocenters. The van der Waals surface area contributed by atoms with Crippen molar-refractivity contribution < 1.29 is 10.0 Å². The van der Waals surface area contributed by atoms with Gasteiger partial charge in [-0.05, 0) is 11.9 Å². The molecule has 98 valence electrons. The highest BCUT2D eigenvalue weighted by atomic mass is 28.3. The summed E-state index contributed by atoms with van der Waals surface area (Å²) in [6.45, 7) is 8.81. The largest absolute Gasteiger partial charge is 0.452 e. The number of nitriles is 1. The van der Waals surface area contributed by atoms with E-state index in [1.807, 2.05) is 0 Å². The van der Waals surface area contributed by atoms with Crippen LogP contribution < -0.4 is 0 Å². The molecule has 0 aliphatic heterocycles. The molecule has 17 heavy (non-hydrogen) atoms. The van der Waals surface area contributed by atoms with Gasteiger partial charge in [-0.1, -0.05) is 52.2 Å². The van der Waals surface area contributed by atoms with Gasteiger partial charge in [-0.25, -0.2) is 0 Å². The van der Waals surface area contributed by atoms with Crippen LogP contribution in [-0.4, -0.2) is 25.2 Å². The van der Waals surface area contributed by atoms with E-state index >= 15 is 0 Å². The molecule has 2 N–H and O–H groups in total. The average molecular weight is 255 g/mol. The molecule has 0 aromatic carbocycles. The Morgan fingerprint density at radius 1 is 1.12 bits per heavy atom. The molecular formula is C12H26BNO2Si. The third kappa shape index (κ3) is 4.13. The second-order valence-corrected chi connectivity index (χ2v) is 10.5. The van der Waals surface area contributed by atoms with Crippen LogP contribution in [0.3, 0.4) is 0 Å². The van der Waals surface area contributed by atoms with Crippen molar-refractivity contribution in [2.45, 2.75) is 64.1 Å². The minimum atomic E-state index is -1.44. The Kier molecular flexibility index (Phi) is 7.77. The Morgan fingerprint density at radius 3 is 1.82 bits per heavy atom. The van der Waals surface area contributed by atoms with Gasteiger partial charge in [0, 0.05) is 5.92 Å². The third-order valence-corrected chi connectivity index (χ3v) is 11.1. The number of nitrogens with zero attached hydrogens (tertiary/aromatic N) is 1. The van der Waals surface area contributed by atoms with Crippen LogP contribution in [0.1, 0.15) is 34.1 Å². The Balaban J connectivity index is 5.06. The van der Waals surface area contributed by atoms with E-state index in [0.29, 0.717) is 5.54 Å². The van der Waals surface area contributed by atoms with Gasteiger partial charge < -0.3 is 10.0 Å². The molecule has 0 saturated carbocycles. The summed E-state index contributed by atoms with van der Waals surface area (Å²) in [4.78, 5) is 0. The van der Waals surface area contributed by atoms with Crippen LogP contribution in [0.25, 0.3) is 0 Å². The second kappa shape index (κ2) is 7.91. The Bertz CT molecular complexity index is 243. The van der Waals surface area contributed by atoms with Crippen LogP contribution in [-0.2, 0) is 0 Å². The fourth-order valence-electron chi connectivity index (χ4n) is 3.21. The summed E-state index contributed by atoms with van der Waals surface area (Å²) in [5, 5.41) is 27.5. The lowest BCUT2D eigenvalue weighted by Gasteiger charge is -2.39. The van der Waals surface area contributed by atoms with E-state index in [2.05, 4.69) is 33.8 Å². The quantitative estimate of drug-likeness (QED) is 0.655. The summed E-state index contributed by atoms with van der Waals surface area (Å²) in [5.41, 5.74) is 0.384. The molecule has 0 bridgehead atoms. The van der Waals surface area contributed by atoms with Crippen molar-refractivity contribution in [3.8, 4) is 6.07 Å². The molecule has 0 aromatic rings. The zero-order chi connectivity index (χ0) is 13.5. The van der Waals surface area contributed by atoms with E-state index in [-0.39, 0.29) is 12.2 Å². The highest BCUT2D eigenvalue weighted by molar-refractivity contribution is 6.81. The first-order valence-electron chi connectivity index (χ1n) is 6.76. The molecule has 0 rings (SSSR count). The monoisotopic (exact) mass is 255 g/mol. The van der Waals surface area contributed by atoms with E-state index in [4.69, 9.17) is 10.0 Å². The zero-order valence-electron chi connectivity index (χ0n) is 11.6. The first kappa shape index (κ1) is 16.7. The molecule has 0 aliphatic carbocycles. The SMILES string of the molecule is CCC(C(C#N)CB(O)O)[Si](CC)(CC)CC. The predicted octanol–water partition coefficient (Wildman–Crippen LogP) is 2.89. The van der Waals surface area contributed by atoms with E-state index in [1.165, 1.54) is 18.1 Å². The minimum absolute atomic E-state index is 0.198. The van der Waals surface area contributed by atoms with Crippen molar-refractivity contribution in [2.75, 3.05) is 0 Å². The van der Waals surface area contributed by atoms with Crippen molar-refractivity contribution >= 4 is 15.2 Å². The van der Waals surface area contributed by atoms with Crippen molar-refractivity contribution in [3.05, 3.63) is 0 Å². The van der Waals surface area contributed by atoms with Gasteiger partial charge in [0.15, 0.2) is 0 Å². The van der Waals surface area contributed by atoms with E-state index in [0.717, 1.165) is 6.42 Å². The minimum Gasteiger partial charge on any atom is -0.427 e. The summed E-state index contributed by atoms with van der Waals surface area (Å²) >= 11 is 0. The maximum absolute atomic E-state index is 9.28. The molecule has 0 fully saturated rings. The Labute approximate surface area is 107 Å². The van der Waals surface area contributed by atoms with Crippen molar-refractivity contribution in [2.24, 2.45) is 5.92 Å². The predicted molar refractivity (Wildman–Crippen MR) is 75.3 cm³/mol. The van der Waals surface area contributed by atoms with Gasteiger partial charge in [-0.15, -0.1) is 0 Å². The van der Waals surface area contributed by atoms with Crippen LogP contribution in [0.5, 0.6) is 0 Å². The van der Waals surface area contributed by atoms with E-state index in [9.17, 15) is 5.26 Å². The lowest BCUT2D eigenvalue weighted by molar-refractivity contribution is 0.392. The molecule has 0 radical (unpaired) electrons. The molecule has 0 amide bonds. The fourth-order valence-corrected chi connectivity index (χ4v) is 8.22. The summed E-state index contributed by atoms with van der Waals surface area (Å²) < 4.78 is 0. The maximum atomic E-state index is 9.28. The summed E-state index contributed by atoms with van der Waals surface area (Å²) in [6, 6.07) is 5.84. The molecule has 0 aromatic heterocycles. The van der Waals surface area contributed by atoms with Crippen LogP contribution in [0.2, 0.25) is 30.0 Å². The zero-order valence-corrected chi connectivity index (χ0v) is 12.6. The van der Waals surface area contributed by atoms with Gasteiger partial charge in [0.25, 0.3) is 0 Å². The number of hydrogen-bond donors (Lipinski definition) is 2. The molecule has 3 nitrogen and oxygen atoms in total. The fraction of sp³-hybridized carbons (Fsp3) is 0.917. The number of rotatable bonds is 8. The summed E-state index contributed by atoms with van der Waals surface area (Å²) in [7, 11) is -2.80. The van der Waals surface area contributed by atoms with Gasteiger partial charge in [-0.3, -0.25) is 0 Å². The maximum Gasteiger partial charge on any atom is 0.452 e. The van der Waals surface area contributed by atoms with Crippen molar-refractivity contribution in [1.29, 1.82) is 5.26 Å². The summed E-state index contributed by atoms with van der Waals surface area (Å²) in [6.07, 6.45) is 1.18. The van der Waals surface area contributed by atoms with Crippen LogP contribution >= 0.6 is 0 Å². The average Bonchev–Trinajstić information content (AvgIpc) is 2.33. The number of hydrogen-bond acceptors (Lipinski definition) is 3.